The van der Waals surface area contributed by atoms with Crippen molar-refractivity contribution < 1.29 is 23.8 Å². The van der Waals surface area contributed by atoms with E-state index < -0.39 is 5.92 Å². The lowest BCUT2D eigenvalue weighted by Gasteiger charge is -2.34. The molecular formula is C25H23NO5. The van der Waals surface area contributed by atoms with Gasteiger partial charge in [0.2, 0.25) is 5.75 Å². The van der Waals surface area contributed by atoms with Gasteiger partial charge in [-0.3, -0.25) is 9.59 Å². The minimum absolute atomic E-state index is 0.0610. The quantitative estimate of drug-likeness (QED) is 0.810. The molecule has 1 atom stereocenters. The van der Waals surface area contributed by atoms with Crippen molar-refractivity contribution >= 4 is 17.3 Å². The molecule has 6 nitrogen and oxygen atoms in total. The monoisotopic (exact) mass is 417 g/mol. The Balaban J connectivity index is 1.79. The molecule has 0 radical (unpaired) electrons. The number of hydrogen-bond acceptors (Lipinski definition) is 6. The molecule has 0 fully saturated rings. The van der Waals surface area contributed by atoms with E-state index in [0.29, 0.717) is 40.4 Å². The van der Waals surface area contributed by atoms with Gasteiger partial charge in [-0.1, -0.05) is 30.3 Å². The Morgan fingerprint density at radius 3 is 2.29 bits per heavy atom. The summed E-state index contributed by atoms with van der Waals surface area (Å²) in [4.78, 5) is 26.7. The first-order valence-electron chi connectivity index (χ1n) is 10.3. The van der Waals surface area contributed by atoms with Crippen molar-refractivity contribution in [1.29, 1.82) is 0 Å². The fourth-order valence-electron chi connectivity index (χ4n) is 5.00. The van der Waals surface area contributed by atoms with Gasteiger partial charge in [-0.25, -0.2) is 0 Å². The molecule has 0 spiro atoms. The zero-order valence-corrected chi connectivity index (χ0v) is 17.7. The Bertz CT molecular complexity index is 1190. The van der Waals surface area contributed by atoms with Gasteiger partial charge < -0.3 is 19.5 Å². The van der Waals surface area contributed by atoms with Crippen molar-refractivity contribution in [2.45, 2.75) is 25.2 Å². The van der Waals surface area contributed by atoms with Crippen LogP contribution in [0.25, 0.3) is 5.70 Å². The SMILES string of the molecule is COc1ccc([C@H]2C3=C(CCCC3=O)NC3=C2C(=O)c2ccccc23)c(OC)c1OC. The molecule has 5 rings (SSSR count). The number of carbonyl (C=O) groups excluding carboxylic acids is 2. The number of ketones is 2. The zero-order valence-electron chi connectivity index (χ0n) is 17.7. The first-order chi connectivity index (χ1) is 15.1. The lowest BCUT2D eigenvalue weighted by Crippen LogP contribution is -2.32. The maximum absolute atomic E-state index is 13.5. The van der Waals surface area contributed by atoms with Crippen molar-refractivity contribution in [3.8, 4) is 17.2 Å². The van der Waals surface area contributed by atoms with Gasteiger partial charge in [-0.2, -0.15) is 0 Å². The van der Waals surface area contributed by atoms with Crippen LogP contribution < -0.4 is 19.5 Å². The van der Waals surface area contributed by atoms with E-state index in [1.165, 1.54) is 0 Å². The number of nitrogens with one attached hydrogen (secondary N) is 1. The van der Waals surface area contributed by atoms with Crippen LogP contribution in [-0.4, -0.2) is 32.9 Å². The number of dihydropyridines is 1. The van der Waals surface area contributed by atoms with Gasteiger partial charge in [-0.15, -0.1) is 0 Å². The molecule has 0 amide bonds. The molecule has 2 aliphatic carbocycles. The van der Waals surface area contributed by atoms with Crippen molar-refractivity contribution in [1.82, 2.24) is 5.32 Å². The van der Waals surface area contributed by atoms with E-state index in [1.807, 2.05) is 30.3 Å². The van der Waals surface area contributed by atoms with Gasteiger partial charge >= 0.3 is 0 Å². The standard InChI is InChI=1S/C25H23NO5/c1-29-18-12-11-15(24(30-2)25(18)31-3)19-20-16(9-6-10-17(20)27)26-22-13-7-4-5-8-14(13)23(28)21(19)22/h4-5,7-8,11-12,19,26H,6,9-10H2,1-3H3/t19-/m0/s1. The van der Waals surface area contributed by atoms with Crippen LogP contribution >= 0.6 is 0 Å². The summed E-state index contributed by atoms with van der Waals surface area (Å²) in [7, 11) is 4.66. The van der Waals surface area contributed by atoms with E-state index in [0.717, 1.165) is 35.4 Å². The number of rotatable bonds is 4. The van der Waals surface area contributed by atoms with Crippen molar-refractivity contribution in [3.63, 3.8) is 0 Å². The van der Waals surface area contributed by atoms with Gasteiger partial charge in [0.1, 0.15) is 0 Å². The largest absolute Gasteiger partial charge is 0.493 e. The number of carbonyl (C=O) groups is 2. The smallest absolute Gasteiger partial charge is 0.203 e. The molecular weight excluding hydrogens is 394 g/mol. The summed E-state index contributed by atoms with van der Waals surface area (Å²) < 4.78 is 16.8. The summed E-state index contributed by atoms with van der Waals surface area (Å²) in [6.45, 7) is 0. The summed E-state index contributed by atoms with van der Waals surface area (Å²) in [5.74, 6) is 0.895. The number of benzene rings is 2. The third-order valence-corrected chi connectivity index (χ3v) is 6.31. The molecule has 1 aliphatic heterocycles. The molecule has 0 bridgehead atoms. The summed E-state index contributed by atoms with van der Waals surface area (Å²) in [6.07, 6.45) is 2.02. The maximum atomic E-state index is 13.5. The molecule has 0 unspecified atom stereocenters. The molecule has 0 aromatic heterocycles. The number of ether oxygens (including phenoxy) is 3. The predicted molar refractivity (Wildman–Crippen MR) is 116 cm³/mol. The van der Waals surface area contributed by atoms with Gasteiger partial charge in [0.15, 0.2) is 23.1 Å². The van der Waals surface area contributed by atoms with Crippen LogP contribution in [0.1, 0.15) is 46.7 Å². The van der Waals surface area contributed by atoms with Crippen LogP contribution in [0.2, 0.25) is 0 Å². The number of allylic oxidation sites excluding steroid dienone is 3. The minimum Gasteiger partial charge on any atom is -0.493 e. The first-order valence-corrected chi connectivity index (χ1v) is 10.3. The molecule has 158 valence electrons. The van der Waals surface area contributed by atoms with E-state index in [-0.39, 0.29) is 11.6 Å². The van der Waals surface area contributed by atoms with Gasteiger partial charge in [-0.05, 0) is 18.9 Å². The molecule has 31 heavy (non-hydrogen) atoms. The maximum Gasteiger partial charge on any atom is 0.203 e. The lowest BCUT2D eigenvalue weighted by molar-refractivity contribution is -0.116. The van der Waals surface area contributed by atoms with Crippen molar-refractivity contribution in [2.75, 3.05) is 21.3 Å². The van der Waals surface area contributed by atoms with Crippen molar-refractivity contribution in [2.24, 2.45) is 0 Å². The van der Waals surface area contributed by atoms with Crippen LogP contribution in [0.4, 0.5) is 0 Å². The van der Waals surface area contributed by atoms with E-state index in [9.17, 15) is 9.59 Å². The Hall–Kier alpha value is -3.54. The fourth-order valence-corrected chi connectivity index (χ4v) is 5.00. The molecule has 0 saturated carbocycles. The normalized spacial score (nSPS) is 19.5. The van der Waals surface area contributed by atoms with Crippen LogP contribution in [-0.2, 0) is 4.79 Å². The number of Topliss-reactive ketones (excluding diaryl/α,β-unsaturated/α-hetero) is 2. The van der Waals surface area contributed by atoms with Crippen LogP contribution in [0.15, 0.2) is 53.2 Å². The molecule has 2 aromatic carbocycles. The van der Waals surface area contributed by atoms with E-state index in [1.54, 1.807) is 27.4 Å². The van der Waals surface area contributed by atoms with E-state index >= 15 is 0 Å². The third-order valence-electron chi connectivity index (χ3n) is 6.31. The molecule has 2 aromatic rings. The van der Waals surface area contributed by atoms with Gasteiger partial charge in [0.05, 0.1) is 27.0 Å². The van der Waals surface area contributed by atoms with Crippen LogP contribution in [0.5, 0.6) is 17.2 Å². The number of methoxy groups -OCH3 is 3. The lowest BCUT2D eigenvalue weighted by atomic mass is 9.74. The molecule has 0 saturated heterocycles. The number of hydrogen-bond donors (Lipinski definition) is 1. The van der Waals surface area contributed by atoms with E-state index in [4.69, 9.17) is 14.2 Å². The highest BCUT2D eigenvalue weighted by Crippen LogP contribution is 2.53. The van der Waals surface area contributed by atoms with Gasteiger partial charge in [0, 0.05) is 45.9 Å². The van der Waals surface area contributed by atoms with Gasteiger partial charge in [0.25, 0.3) is 0 Å². The molecule has 1 N–H and O–H groups in total. The average molecular weight is 417 g/mol. The highest BCUT2D eigenvalue weighted by Gasteiger charge is 2.45. The summed E-state index contributed by atoms with van der Waals surface area (Å²) >= 11 is 0. The van der Waals surface area contributed by atoms with Crippen LogP contribution in [0.3, 0.4) is 0 Å². The predicted octanol–water partition coefficient (Wildman–Crippen LogP) is 4.01. The fraction of sp³-hybridized carbons (Fsp3) is 0.280. The summed E-state index contributed by atoms with van der Waals surface area (Å²) in [6, 6.07) is 11.2. The highest BCUT2D eigenvalue weighted by molar-refractivity contribution is 6.23. The Kier molecular flexibility index (Phi) is 4.58. The van der Waals surface area contributed by atoms with Crippen molar-refractivity contribution in [3.05, 3.63) is 69.9 Å². The average Bonchev–Trinajstić information content (AvgIpc) is 3.09. The Labute approximate surface area is 180 Å². The Morgan fingerprint density at radius 2 is 1.58 bits per heavy atom. The second kappa shape index (κ2) is 7.30. The molecule has 3 aliphatic rings. The minimum atomic E-state index is -0.534. The Morgan fingerprint density at radius 1 is 0.839 bits per heavy atom. The topological polar surface area (TPSA) is 73.9 Å². The second-order valence-corrected chi connectivity index (χ2v) is 7.81. The zero-order chi connectivity index (χ0) is 21.7. The van der Waals surface area contributed by atoms with E-state index in [2.05, 4.69) is 5.32 Å². The highest BCUT2D eigenvalue weighted by atomic mass is 16.5. The first kappa shape index (κ1) is 19.4. The second-order valence-electron chi connectivity index (χ2n) is 7.81. The molecule has 6 heteroatoms. The van der Waals surface area contributed by atoms with Crippen LogP contribution in [0, 0.1) is 0 Å². The third kappa shape index (κ3) is 2.71. The number of fused-ring (bicyclic) bond motifs is 2. The summed E-state index contributed by atoms with van der Waals surface area (Å²) in [5, 5.41) is 3.44. The summed E-state index contributed by atoms with van der Waals surface area (Å²) in [5.41, 5.74) is 5.15. The molecule has 1 heterocycles.